The predicted octanol–water partition coefficient (Wildman–Crippen LogP) is 7.04. The summed E-state index contributed by atoms with van der Waals surface area (Å²) >= 11 is 1.23. The fourth-order valence-electron chi connectivity index (χ4n) is 2.43. The van der Waals surface area contributed by atoms with E-state index in [1.165, 1.54) is 46.7 Å². The maximum Gasteiger partial charge on any atom is 0.336 e. The second kappa shape index (κ2) is 11.7. The molecule has 26 heavy (non-hydrogen) atoms. The van der Waals surface area contributed by atoms with E-state index in [9.17, 15) is 9.18 Å². The lowest BCUT2D eigenvalue weighted by Crippen LogP contribution is -2.00. The third-order valence-electron chi connectivity index (χ3n) is 3.98. The van der Waals surface area contributed by atoms with Crippen LogP contribution < -0.4 is 0 Å². The number of carboxylic acids is 1. The number of thioether (sulfide) groups is 1. The summed E-state index contributed by atoms with van der Waals surface area (Å²) in [4.78, 5) is 11.4. The Kier molecular flexibility index (Phi) is 10.0. The zero-order chi connectivity index (χ0) is 19.5. The molecular formula is C22H29FO2S. The first-order valence-electron chi connectivity index (χ1n) is 8.90. The van der Waals surface area contributed by atoms with Gasteiger partial charge in [0.05, 0.1) is 10.5 Å². The molecule has 0 radical (unpaired) electrons. The summed E-state index contributed by atoms with van der Waals surface area (Å²) in [6.45, 7) is 8.46. The van der Waals surface area contributed by atoms with Crippen molar-refractivity contribution >= 4 is 17.7 Å². The Bertz CT molecular complexity index is 698. The SMILES string of the molecule is CC(C)=CCC/C(C)=C/CC/C(C)=C/CSc1c(F)cccc1C(=O)O. The minimum Gasteiger partial charge on any atom is -0.478 e. The van der Waals surface area contributed by atoms with Gasteiger partial charge in [-0.25, -0.2) is 9.18 Å². The van der Waals surface area contributed by atoms with Gasteiger partial charge < -0.3 is 5.11 Å². The maximum atomic E-state index is 13.9. The summed E-state index contributed by atoms with van der Waals surface area (Å²) in [5.41, 5.74) is 4.02. The van der Waals surface area contributed by atoms with Gasteiger partial charge in [-0.2, -0.15) is 0 Å². The van der Waals surface area contributed by atoms with Crippen molar-refractivity contribution in [3.8, 4) is 0 Å². The molecule has 0 saturated heterocycles. The number of benzene rings is 1. The molecule has 4 heteroatoms. The van der Waals surface area contributed by atoms with Crippen LogP contribution in [0.15, 0.2) is 58.0 Å². The molecule has 1 N–H and O–H groups in total. The van der Waals surface area contributed by atoms with Gasteiger partial charge in [-0.15, -0.1) is 11.8 Å². The molecule has 1 aromatic carbocycles. The van der Waals surface area contributed by atoms with Gasteiger partial charge in [-0.3, -0.25) is 0 Å². The molecule has 0 saturated carbocycles. The van der Waals surface area contributed by atoms with Crippen molar-refractivity contribution in [3.05, 3.63) is 64.5 Å². The third-order valence-corrected chi connectivity index (χ3v) is 5.02. The van der Waals surface area contributed by atoms with Gasteiger partial charge >= 0.3 is 5.97 Å². The van der Waals surface area contributed by atoms with Crippen molar-refractivity contribution in [1.29, 1.82) is 0 Å². The Hall–Kier alpha value is -1.81. The number of halogens is 1. The third kappa shape index (κ3) is 8.52. The van der Waals surface area contributed by atoms with Crippen LogP contribution in [0.4, 0.5) is 4.39 Å². The van der Waals surface area contributed by atoms with Gasteiger partial charge in [0.1, 0.15) is 5.82 Å². The molecule has 0 aromatic heterocycles. The molecule has 0 heterocycles. The van der Waals surface area contributed by atoms with Gasteiger partial charge in [0.25, 0.3) is 0 Å². The second-order valence-electron chi connectivity index (χ2n) is 6.69. The van der Waals surface area contributed by atoms with Crippen LogP contribution in [-0.4, -0.2) is 16.8 Å². The molecule has 1 aromatic rings. The lowest BCUT2D eigenvalue weighted by atomic mass is 10.1. The van der Waals surface area contributed by atoms with Crippen LogP contribution in [0.1, 0.15) is 63.7 Å². The van der Waals surface area contributed by atoms with E-state index >= 15 is 0 Å². The van der Waals surface area contributed by atoms with E-state index in [0.29, 0.717) is 5.75 Å². The first-order chi connectivity index (χ1) is 12.3. The molecule has 142 valence electrons. The highest BCUT2D eigenvalue weighted by Crippen LogP contribution is 2.26. The minimum absolute atomic E-state index is 0.0241. The highest BCUT2D eigenvalue weighted by Gasteiger charge is 2.13. The summed E-state index contributed by atoms with van der Waals surface area (Å²) in [5.74, 6) is -1.01. The molecule has 0 aliphatic heterocycles. The van der Waals surface area contributed by atoms with E-state index in [1.54, 1.807) is 0 Å². The minimum atomic E-state index is -1.10. The Balaban J connectivity index is 2.48. The summed E-state index contributed by atoms with van der Waals surface area (Å²) < 4.78 is 13.9. The average Bonchev–Trinajstić information content (AvgIpc) is 2.55. The number of allylic oxidation sites excluding steroid dienone is 5. The van der Waals surface area contributed by atoms with Crippen LogP contribution in [0.5, 0.6) is 0 Å². The molecule has 0 amide bonds. The molecule has 0 bridgehead atoms. The van der Waals surface area contributed by atoms with E-state index in [0.717, 1.165) is 25.7 Å². The van der Waals surface area contributed by atoms with E-state index in [2.05, 4.69) is 45.9 Å². The monoisotopic (exact) mass is 376 g/mol. The molecular weight excluding hydrogens is 347 g/mol. The Labute approximate surface area is 160 Å². The fourth-order valence-corrected chi connectivity index (χ4v) is 3.48. The van der Waals surface area contributed by atoms with Crippen molar-refractivity contribution < 1.29 is 14.3 Å². The van der Waals surface area contributed by atoms with Crippen molar-refractivity contribution in [3.63, 3.8) is 0 Å². The van der Waals surface area contributed by atoms with Crippen molar-refractivity contribution in [2.75, 3.05) is 5.75 Å². The molecule has 0 aliphatic rings. The zero-order valence-electron chi connectivity index (χ0n) is 16.1. The van der Waals surface area contributed by atoms with Gasteiger partial charge in [0, 0.05) is 5.75 Å². The Morgan fingerprint density at radius 3 is 2.27 bits per heavy atom. The van der Waals surface area contributed by atoms with Crippen LogP contribution in [-0.2, 0) is 0 Å². The normalized spacial score (nSPS) is 12.2. The molecule has 0 atom stereocenters. The molecule has 2 nitrogen and oxygen atoms in total. The van der Waals surface area contributed by atoms with Gasteiger partial charge in [-0.05, 0) is 65.5 Å². The second-order valence-corrected chi connectivity index (χ2v) is 7.72. The van der Waals surface area contributed by atoms with Crippen molar-refractivity contribution in [2.24, 2.45) is 0 Å². The van der Waals surface area contributed by atoms with Crippen LogP contribution in [0, 0.1) is 5.82 Å². The molecule has 0 fully saturated rings. The lowest BCUT2D eigenvalue weighted by molar-refractivity contribution is 0.0692. The Morgan fingerprint density at radius 2 is 1.65 bits per heavy atom. The highest BCUT2D eigenvalue weighted by molar-refractivity contribution is 7.99. The summed E-state index contributed by atoms with van der Waals surface area (Å²) in [6, 6.07) is 4.16. The van der Waals surface area contributed by atoms with Crippen LogP contribution in [0.2, 0.25) is 0 Å². The van der Waals surface area contributed by atoms with E-state index in [4.69, 9.17) is 5.11 Å². The van der Waals surface area contributed by atoms with Crippen LogP contribution in [0.25, 0.3) is 0 Å². The molecule has 0 unspecified atom stereocenters. The number of carbonyl (C=O) groups is 1. The molecule has 0 spiro atoms. The smallest absolute Gasteiger partial charge is 0.336 e. The van der Waals surface area contributed by atoms with Crippen molar-refractivity contribution in [1.82, 2.24) is 0 Å². The quantitative estimate of drug-likeness (QED) is 0.351. The largest absolute Gasteiger partial charge is 0.478 e. The van der Waals surface area contributed by atoms with Crippen LogP contribution >= 0.6 is 11.8 Å². The average molecular weight is 377 g/mol. The number of aromatic carboxylic acids is 1. The fraction of sp³-hybridized carbons (Fsp3) is 0.409. The first-order valence-corrected chi connectivity index (χ1v) is 9.89. The van der Waals surface area contributed by atoms with Crippen LogP contribution in [0.3, 0.4) is 0 Å². The number of hydrogen-bond acceptors (Lipinski definition) is 2. The Morgan fingerprint density at radius 1 is 1.04 bits per heavy atom. The molecule has 0 aliphatic carbocycles. The topological polar surface area (TPSA) is 37.3 Å². The highest BCUT2D eigenvalue weighted by atomic mass is 32.2. The van der Waals surface area contributed by atoms with Gasteiger partial charge in [0.2, 0.25) is 0 Å². The summed E-state index contributed by atoms with van der Waals surface area (Å²) in [5, 5.41) is 9.15. The van der Waals surface area contributed by atoms with E-state index in [-0.39, 0.29) is 10.5 Å². The predicted molar refractivity (Wildman–Crippen MR) is 109 cm³/mol. The van der Waals surface area contributed by atoms with Gasteiger partial charge in [-0.1, -0.05) is 41.0 Å². The van der Waals surface area contributed by atoms with Gasteiger partial charge in [0.15, 0.2) is 0 Å². The van der Waals surface area contributed by atoms with E-state index < -0.39 is 11.8 Å². The first kappa shape index (κ1) is 22.2. The van der Waals surface area contributed by atoms with E-state index in [1.807, 2.05) is 0 Å². The summed E-state index contributed by atoms with van der Waals surface area (Å²) in [7, 11) is 0. The lowest BCUT2D eigenvalue weighted by Gasteiger charge is -2.06. The maximum absolute atomic E-state index is 13.9. The standard InChI is InChI=1S/C22H29FO2S/c1-16(2)8-5-9-17(3)10-6-11-18(4)14-15-26-21-19(22(24)25)12-7-13-20(21)23/h7-8,10,12-14H,5-6,9,11,15H2,1-4H3,(H,24,25)/b17-10+,18-14+. The molecule has 1 rings (SSSR count). The number of carboxylic acid groups (broad SMARTS) is 1. The number of rotatable bonds is 10. The zero-order valence-corrected chi connectivity index (χ0v) is 17.0. The summed E-state index contributed by atoms with van der Waals surface area (Å²) in [6.07, 6.45) is 10.7. The number of hydrogen-bond donors (Lipinski definition) is 1. The van der Waals surface area contributed by atoms with Crippen molar-refractivity contribution in [2.45, 2.75) is 58.3 Å².